The zero-order valence-corrected chi connectivity index (χ0v) is 13.3. The van der Waals surface area contributed by atoms with Crippen molar-refractivity contribution in [3.63, 3.8) is 0 Å². The first-order chi connectivity index (χ1) is 10.1. The van der Waals surface area contributed by atoms with E-state index in [-0.39, 0.29) is 5.54 Å². The Kier molecular flexibility index (Phi) is 5.62. The summed E-state index contributed by atoms with van der Waals surface area (Å²) in [5, 5.41) is 10.9. The largest absolute Gasteiger partial charge is 0.494 e. The number of aliphatic hydroxyl groups is 1. The van der Waals surface area contributed by atoms with Crippen LogP contribution in [-0.4, -0.2) is 48.5 Å². The van der Waals surface area contributed by atoms with Gasteiger partial charge in [-0.15, -0.1) is 0 Å². The smallest absolute Gasteiger partial charge is 0.119 e. The first kappa shape index (κ1) is 16.3. The van der Waals surface area contributed by atoms with Gasteiger partial charge in [0.15, 0.2) is 0 Å². The van der Waals surface area contributed by atoms with Gasteiger partial charge < -0.3 is 14.6 Å². The Hall–Kier alpha value is -1.10. The Bertz CT molecular complexity index is 428. The van der Waals surface area contributed by atoms with Crippen LogP contribution in [0.2, 0.25) is 0 Å². The van der Waals surface area contributed by atoms with Crippen molar-refractivity contribution in [3.05, 3.63) is 29.8 Å². The van der Waals surface area contributed by atoms with Crippen LogP contribution in [0.5, 0.6) is 5.75 Å². The molecule has 1 N–H and O–H groups in total. The molecule has 1 heterocycles. The summed E-state index contributed by atoms with van der Waals surface area (Å²) in [7, 11) is 0. The summed E-state index contributed by atoms with van der Waals surface area (Å²) in [5.74, 6) is 0.845. The monoisotopic (exact) mass is 293 g/mol. The lowest BCUT2D eigenvalue weighted by atomic mass is 9.85. The zero-order valence-electron chi connectivity index (χ0n) is 13.3. The lowest BCUT2D eigenvalue weighted by molar-refractivity contribution is -0.0734. The molecule has 0 amide bonds. The summed E-state index contributed by atoms with van der Waals surface area (Å²) in [6.07, 6.45) is 0.373. The van der Waals surface area contributed by atoms with Gasteiger partial charge in [-0.3, -0.25) is 4.90 Å². The molecule has 1 aromatic carbocycles. The fourth-order valence-electron chi connectivity index (χ4n) is 2.94. The Morgan fingerprint density at radius 3 is 2.38 bits per heavy atom. The fourth-order valence-corrected chi connectivity index (χ4v) is 2.94. The second kappa shape index (κ2) is 7.25. The highest BCUT2D eigenvalue weighted by Gasteiger charge is 2.38. The second-order valence-electron chi connectivity index (χ2n) is 5.71. The summed E-state index contributed by atoms with van der Waals surface area (Å²) in [6.45, 7) is 10.1. The Labute approximate surface area is 127 Å². The van der Waals surface area contributed by atoms with E-state index in [0.29, 0.717) is 6.61 Å². The molecule has 0 aromatic heterocycles. The predicted molar refractivity (Wildman–Crippen MR) is 83.7 cm³/mol. The normalized spacial score (nSPS) is 20.8. The zero-order chi connectivity index (χ0) is 15.3. The van der Waals surface area contributed by atoms with Crippen molar-refractivity contribution >= 4 is 0 Å². The summed E-state index contributed by atoms with van der Waals surface area (Å²) < 4.78 is 10.9. The molecule has 118 valence electrons. The molecule has 1 fully saturated rings. The highest BCUT2D eigenvalue weighted by atomic mass is 16.5. The molecule has 0 bridgehead atoms. The molecule has 1 aliphatic heterocycles. The molecular formula is C17H27NO3. The van der Waals surface area contributed by atoms with Crippen LogP contribution in [0.1, 0.15) is 38.9 Å². The minimum atomic E-state index is -0.517. The lowest BCUT2D eigenvalue weighted by Gasteiger charge is -2.46. The first-order valence-electron chi connectivity index (χ1n) is 7.85. The maximum atomic E-state index is 10.9. The predicted octanol–water partition coefficient (Wildman–Crippen LogP) is 2.62. The van der Waals surface area contributed by atoms with Gasteiger partial charge in [0.2, 0.25) is 0 Å². The first-order valence-corrected chi connectivity index (χ1v) is 7.85. The van der Waals surface area contributed by atoms with Crippen LogP contribution in [0.3, 0.4) is 0 Å². The fraction of sp³-hybridized carbons (Fsp3) is 0.647. The van der Waals surface area contributed by atoms with Crippen LogP contribution in [0.4, 0.5) is 0 Å². The number of morpholine rings is 1. The van der Waals surface area contributed by atoms with E-state index < -0.39 is 6.10 Å². The molecule has 4 nitrogen and oxygen atoms in total. The van der Waals surface area contributed by atoms with Gasteiger partial charge in [-0.1, -0.05) is 19.1 Å². The molecule has 4 heteroatoms. The van der Waals surface area contributed by atoms with Crippen LogP contribution < -0.4 is 4.74 Å². The van der Waals surface area contributed by atoms with Crippen LogP contribution in [-0.2, 0) is 4.74 Å². The molecule has 0 saturated carbocycles. The van der Waals surface area contributed by atoms with Gasteiger partial charge >= 0.3 is 0 Å². The highest BCUT2D eigenvalue weighted by molar-refractivity contribution is 5.30. The third-order valence-electron chi connectivity index (χ3n) is 4.55. The van der Waals surface area contributed by atoms with E-state index in [0.717, 1.165) is 44.0 Å². The van der Waals surface area contributed by atoms with Gasteiger partial charge in [0, 0.05) is 18.6 Å². The molecule has 0 spiro atoms. The van der Waals surface area contributed by atoms with Crippen LogP contribution in [0.25, 0.3) is 0 Å². The van der Waals surface area contributed by atoms with E-state index in [9.17, 15) is 5.11 Å². The number of hydrogen-bond donors (Lipinski definition) is 1. The summed E-state index contributed by atoms with van der Waals surface area (Å²) >= 11 is 0. The minimum absolute atomic E-state index is 0.267. The van der Waals surface area contributed by atoms with E-state index in [2.05, 4.69) is 18.7 Å². The van der Waals surface area contributed by atoms with E-state index in [1.165, 1.54) is 0 Å². The van der Waals surface area contributed by atoms with E-state index >= 15 is 0 Å². The molecule has 1 aliphatic rings. The van der Waals surface area contributed by atoms with Crippen molar-refractivity contribution in [3.8, 4) is 5.75 Å². The van der Waals surface area contributed by atoms with Crippen molar-refractivity contribution in [2.24, 2.45) is 0 Å². The number of aliphatic hydroxyl groups excluding tert-OH is 1. The average molecular weight is 293 g/mol. The van der Waals surface area contributed by atoms with Gasteiger partial charge in [0.1, 0.15) is 5.75 Å². The SMILES string of the molecule is CCOc1ccc(C(O)C(C)(CC)N2CCOCC2)cc1. The molecule has 1 aromatic rings. The molecular weight excluding hydrogens is 266 g/mol. The van der Waals surface area contributed by atoms with E-state index in [1.54, 1.807) is 0 Å². The van der Waals surface area contributed by atoms with Crippen molar-refractivity contribution in [1.82, 2.24) is 4.90 Å². The van der Waals surface area contributed by atoms with Crippen molar-refractivity contribution < 1.29 is 14.6 Å². The summed E-state index contributed by atoms with van der Waals surface area (Å²) in [6, 6.07) is 7.78. The number of rotatable bonds is 6. The molecule has 2 rings (SSSR count). The van der Waals surface area contributed by atoms with Gasteiger partial charge in [0.05, 0.1) is 25.9 Å². The van der Waals surface area contributed by atoms with Crippen LogP contribution in [0.15, 0.2) is 24.3 Å². The van der Waals surface area contributed by atoms with Gasteiger partial charge in [-0.2, -0.15) is 0 Å². The summed E-state index contributed by atoms with van der Waals surface area (Å²) in [5.41, 5.74) is 0.672. The standard InChI is InChI=1S/C17H27NO3/c1-4-17(3,18-10-12-20-13-11-18)16(19)14-6-8-15(9-7-14)21-5-2/h6-9,16,19H,4-5,10-13H2,1-3H3. The Morgan fingerprint density at radius 2 is 1.86 bits per heavy atom. The lowest BCUT2D eigenvalue weighted by Crippen LogP contribution is -2.54. The maximum Gasteiger partial charge on any atom is 0.119 e. The molecule has 2 unspecified atom stereocenters. The molecule has 1 saturated heterocycles. The van der Waals surface area contributed by atoms with Crippen LogP contribution in [0, 0.1) is 0 Å². The third-order valence-corrected chi connectivity index (χ3v) is 4.55. The quantitative estimate of drug-likeness (QED) is 0.875. The summed E-state index contributed by atoms with van der Waals surface area (Å²) in [4.78, 5) is 2.34. The number of ether oxygens (including phenoxy) is 2. The Morgan fingerprint density at radius 1 is 1.24 bits per heavy atom. The Balaban J connectivity index is 2.16. The van der Waals surface area contributed by atoms with E-state index in [1.807, 2.05) is 31.2 Å². The number of benzene rings is 1. The van der Waals surface area contributed by atoms with Gasteiger partial charge in [-0.25, -0.2) is 0 Å². The minimum Gasteiger partial charge on any atom is -0.494 e. The van der Waals surface area contributed by atoms with Crippen molar-refractivity contribution in [2.45, 2.75) is 38.8 Å². The van der Waals surface area contributed by atoms with Crippen molar-refractivity contribution in [1.29, 1.82) is 0 Å². The maximum absolute atomic E-state index is 10.9. The molecule has 0 radical (unpaired) electrons. The third kappa shape index (κ3) is 3.57. The second-order valence-corrected chi connectivity index (χ2v) is 5.71. The van der Waals surface area contributed by atoms with Crippen molar-refractivity contribution in [2.75, 3.05) is 32.9 Å². The molecule has 0 aliphatic carbocycles. The highest BCUT2D eigenvalue weighted by Crippen LogP contribution is 2.35. The van der Waals surface area contributed by atoms with E-state index in [4.69, 9.17) is 9.47 Å². The van der Waals surface area contributed by atoms with Gasteiger partial charge in [-0.05, 0) is 38.0 Å². The molecule has 21 heavy (non-hydrogen) atoms. The molecule has 2 atom stereocenters. The van der Waals surface area contributed by atoms with Gasteiger partial charge in [0.25, 0.3) is 0 Å². The average Bonchev–Trinajstić information content (AvgIpc) is 2.55. The number of nitrogens with zero attached hydrogens (tertiary/aromatic N) is 1. The topological polar surface area (TPSA) is 41.9 Å². The number of hydrogen-bond acceptors (Lipinski definition) is 4. The van der Waals surface area contributed by atoms with Crippen LogP contribution >= 0.6 is 0 Å².